The van der Waals surface area contributed by atoms with Crippen LogP contribution in [0.15, 0.2) is 0 Å². The van der Waals surface area contributed by atoms with Gasteiger partial charge in [0.25, 0.3) is 0 Å². The molecule has 2 amide bonds. The first kappa shape index (κ1) is 17.8. The zero-order chi connectivity index (χ0) is 10.7. The fourth-order valence-electron chi connectivity index (χ4n) is 1.35. The zero-order valence-corrected chi connectivity index (χ0v) is 10.7. The quantitative estimate of drug-likeness (QED) is 0.594. The van der Waals surface area contributed by atoms with E-state index in [1.165, 1.54) is 0 Å². The van der Waals surface area contributed by atoms with E-state index in [1.54, 1.807) is 4.90 Å². The predicted octanol–water partition coefficient (Wildman–Crippen LogP) is -1.58. The predicted molar refractivity (Wildman–Crippen MR) is 65.7 cm³/mol. The summed E-state index contributed by atoms with van der Waals surface area (Å²) < 4.78 is 0. The van der Waals surface area contributed by atoms with Crippen LogP contribution in [-0.4, -0.2) is 60.9 Å². The average Bonchev–Trinajstić information content (AvgIpc) is 2.16. The molecular formula is C8H18Cl2N4O2. The Kier molecular flexibility index (Phi) is 8.54. The number of rotatable bonds is 2. The summed E-state index contributed by atoms with van der Waals surface area (Å²) in [5, 5.41) is 0. The number of amides is 2. The van der Waals surface area contributed by atoms with Gasteiger partial charge in [-0.1, -0.05) is 0 Å². The third-order valence-corrected chi connectivity index (χ3v) is 2.39. The Balaban J connectivity index is 0. The summed E-state index contributed by atoms with van der Waals surface area (Å²) in [6.07, 6.45) is 0. The van der Waals surface area contributed by atoms with Crippen molar-refractivity contribution in [2.24, 2.45) is 11.5 Å². The highest BCUT2D eigenvalue weighted by Crippen LogP contribution is 2.00. The fourth-order valence-corrected chi connectivity index (χ4v) is 1.35. The SMILES string of the molecule is CN1CCN(C(=O)[C@@H](N)C(N)=O)CC1.Cl.Cl. The summed E-state index contributed by atoms with van der Waals surface area (Å²) >= 11 is 0. The molecule has 1 atom stereocenters. The molecule has 1 rings (SSSR count). The Morgan fingerprint density at radius 1 is 1.12 bits per heavy atom. The molecule has 0 bridgehead atoms. The van der Waals surface area contributed by atoms with Crippen molar-refractivity contribution in [3.05, 3.63) is 0 Å². The second-order valence-corrected chi connectivity index (χ2v) is 3.51. The molecule has 96 valence electrons. The summed E-state index contributed by atoms with van der Waals surface area (Å²) in [5.74, 6) is -1.14. The number of primary amides is 1. The second kappa shape index (κ2) is 7.67. The molecule has 0 aromatic carbocycles. The van der Waals surface area contributed by atoms with E-state index in [0.717, 1.165) is 13.1 Å². The molecule has 1 aliphatic heterocycles. The molecule has 1 aliphatic rings. The third-order valence-electron chi connectivity index (χ3n) is 2.39. The van der Waals surface area contributed by atoms with Gasteiger partial charge in [-0.05, 0) is 7.05 Å². The van der Waals surface area contributed by atoms with Crippen LogP contribution in [0, 0.1) is 0 Å². The highest BCUT2D eigenvalue weighted by Gasteiger charge is 2.27. The lowest BCUT2D eigenvalue weighted by Gasteiger charge is -2.33. The van der Waals surface area contributed by atoms with Crippen molar-refractivity contribution in [3.63, 3.8) is 0 Å². The number of hydrogen-bond donors (Lipinski definition) is 2. The maximum absolute atomic E-state index is 11.5. The number of piperazine rings is 1. The number of carbonyl (C=O) groups is 2. The molecular weight excluding hydrogens is 255 g/mol. The van der Waals surface area contributed by atoms with E-state index >= 15 is 0 Å². The molecule has 0 spiro atoms. The second-order valence-electron chi connectivity index (χ2n) is 3.51. The minimum atomic E-state index is -1.20. The minimum absolute atomic E-state index is 0. The van der Waals surface area contributed by atoms with Crippen molar-refractivity contribution in [1.29, 1.82) is 0 Å². The van der Waals surface area contributed by atoms with Gasteiger partial charge in [-0.25, -0.2) is 0 Å². The van der Waals surface area contributed by atoms with Crippen LogP contribution in [0.5, 0.6) is 0 Å². The first-order chi connectivity index (χ1) is 6.52. The van der Waals surface area contributed by atoms with Crippen LogP contribution in [0.25, 0.3) is 0 Å². The van der Waals surface area contributed by atoms with Gasteiger partial charge in [0.05, 0.1) is 0 Å². The number of hydrogen-bond acceptors (Lipinski definition) is 4. The molecule has 0 aromatic heterocycles. The molecule has 0 saturated carbocycles. The van der Waals surface area contributed by atoms with Crippen molar-refractivity contribution in [2.45, 2.75) is 6.04 Å². The fraction of sp³-hybridized carbons (Fsp3) is 0.750. The summed E-state index contributed by atoms with van der Waals surface area (Å²) in [6.45, 7) is 2.82. The van der Waals surface area contributed by atoms with Gasteiger partial charge in [0.2, 0.25) is 11.8 Å². The van der Waals surface area contributed by atoms with E-state index < -0.39 is 11.9 Å². The van der Waals surface area contributed by atoms with Crippen LogP contribution in [0.1, 0.15) is 0 Å². The Morgan fingerprint density at radius 2 is 1.56 bits per heavy atom. The van der Waals surface area contributed by atoms with Crippen LogP contribution in [-0.2, 0) is 9.59 Å². The molecule has 0 aliphatic carbocycles. The van der Waals surface area contributed by atoms with Gasteiger partial charge in [-0.2, -0.15) is 0 Å². The van der Waals surface area contributed by atoms with Crippen LogP contribution in [0.4, 0.5) is 0 Å². The number of nitrogens with two attached hydrogens (primary N) is 2. The van der Waals surface area contributed by atoms with Gasteiger partial charge in [-0.15, -0.1) is 24.8 Å². The van der Waals surface area contributed by atoms with Crippen molar-refractivity contribution < 1.29 is 9.59 Å². The molecule has 0 unspecified atom stereocenters. The third kappa shape index (κ3) is 4.52. The van der Waals surface area contributed by atoms with Crippen LogP contribution in [0.2, 0.25) is 0 Å². The van der Waals surface area contributed by atoms with Crippen LogP contribution < -0.4 is 11.5 Å². The first-order valence-corrected chi connectivity index (χ1v) is 4.54. The smallest absolute Gasteiger partial charge is 0.249 e. The van der Waals surface area contributed by atoms with Gasteiger partial charge >= 0.3 is 0 Å². The number of halogens is 2. The van der Waals surface area contributed by atoms with E-state index in [1.807, 2.05) is 7.05 Å². The molecule has 8 heteroatoms. The molecule has 1 heterocycles. The monoisotopic (exact) mass is 272 g/mol. The number of nitrogens with zero attached hydrogens (tertiary/aromatic N) is 2. The molecule has 1 saturated heterocycles. The summed E-state index contributed by atoms with van der Waals surface area (Å²) in [4.78, 5) is 25.9. The van der Waals surface area contributed by atoms with Crippen molar-refractivity contribution in [2.75, 3.05) is 33.2 Å². The molecule has 0 aromatic rings. The van der Waals surface area contributed by atoms with Crippen molar-refractivity contribution >= 4 is 36.6 Å². The zero-order valence-electron chi connectivity index (χ0n) is 9.09. The molecule has 6 nitrogen and oxygen atoms in total. The van der Waals surface area contributed by atoms with E-state index in [2.05, 4.69) is 4.90 Å². The largest absolute Gasteiger partial charge is 0.368 e. The van der Waals surface area contributed by atoms with E-state index in [4.69, 9.17) is 11.5 Å². The first-order valence-electron chi connectivity index (χ1n) is 4.54. The topological polar surface area (TPSA) is 92.7 Å². The number of likely N-dealkylation sites (N-methyl/N-ethyl adjacent to an activating group) is 1. The average molecular weight is 273 g/mol. The molecule has 0 radical (unpaired) electrons. The molecule has 4 N–H and O–H groups in total. The maximum atomic E-state index is 11.5. The summed E-state index contributed by atoms with van der Waals surface area (Å²) in [6, 6.07) is -1.20. The van der Waals surface area contributed by atoms with E-state index in [-0.39, 0.29) is 30.7 Å². The van der Waals surface area contributed by atoms with E-state index in [0.29, 0.717) is 13.1 Å². The van der Waals surface area contributed by atoms with Gasteiger partial charge in [0.1, 0.15) is 0 Å². The lowest BCUT2D eigenvalue weighted by molar-refractivity contribution is -0.138. The maximum Gasteiger partial charge on any atom is 0.249 e. The highest BCUT2D eigenvalue weighted by atomic mass is 35.5. The van der Waals surface area contributed by atoms with Gasteiger partial charge in [-0.3, -0.25) is 9.59 Å². The molecule has 1 fully saturated rings. The van der Waals surface area contributed by atoms with Gasteiger partial charge in [0.15, 0.2) is 6.04 Å². The van der Waals surface area contributed by atoms with Gasteiger partial charge < -0.3 is 21.3 Å². The van der Waals surface area contributed by atoms with Crippen molar-refractivity contribution in [3.8, 4) is 0 Å². The lowest BCUT2D eigenvalue weighted by atomic mass is 10.2. The minimum Gasteiger partial charge on any atom is -0.368 e. The van der Waals surface area contributed by atoms with Gasteiger partial charge in [0, 0.05) is 26.2 Å². The lowest BCUT2D eigenvalue weighted by Crippen LogP contribution is -2.55. The Labute approximate surface area is 107 Å². The number of carbonyl (C=O) groups excluding carboxylic acids is 2. The summed E-state index contributed by atoms with van der Waals surface area (Å²) in [7, 11) is 1.98. The molecule has 16 heavy (non-hydrogen) atoms. The van der Waals surface area contributed by atoms with Crippen LogP contribution >= 0.6 is 24.8 Å². The normalized spacial score (nSPS) is 18.0. The standard InChI is InChI=1S/C8H16N4O2.2ClH/c1-11-2-4-12(5-3-11)8(14)6(9)7(10)13;;/h6H,2-5,9H2,1H3,(H2,10,13);2*1H/t6-;;/m0../s1. The Morgan fingerprint density at radius 3 is 1.94 bits per heavy atom. The van der Waals surface area contributed by atoms with Crippen molar-refractivity contribution in [1.82, 2.24) is 9.80 Å². The van der Waals surface area contributed by atoms with E-state index in [9.17, 15) is 9.59 Å². The Bertz CT molecular complexity index is 244. The van der Waals surface area contributed by atoms with Crippen LogP contribution in [0.3, 0.4) is 0 Å². The summed E-state index contributed by atoms with van der Waals surface area (Å²) in [5.41, 5.74) is 10.3. The Hall–Kier alpha value is -0.560. The highest BCUT2D eigenvalue weighted by molar-refractivity contribution is 6.03.